The van der Waals surface area contributed by atoms with E-state index in [-0.39, 0.29) is 11.8 Å². The monoisotopic (exact) mass is 318 g/mol. The lowest BCUT2D eigenvalue weighted by atomic mass is 10.0. The Balaban J connectivity index is 2.30. The number of nitrogens with one attached hydrogen (secondary N) is 1. The molecular weight excluding hydrogens is 297 g/mol. The molecule has 1 aliphatic rings. The van der Waals surface area contributed by atoms with Gasteiger partial charge in [0.05, 0.1) is 7.11 Å². The highest BCUT2D eigenvalue weighted by Gasteiger charge is 2.32. The molecule has 0 aliphatic carbocycles. The number of rotatable bonds is 5. The SMILES string of the molecule is CC[C@H](c1cc(OC(F)(F)F)ccc1OC)N1CCNCC1. The molecule has 1 aromatic carbocycles. The van der Waals surface area contributed by atoms with Crippen molar-refractivity contribution in [1.82, 2.24) is 10.2 Å². The maximum Gasteiger partial charge on any atom is 0.573 e. The molecular formula is C15H21F3N2O2. The summed E-state index contributed by atoms with van der Waals surface area (Å²) >= 11 is 0. The molecule has 1 aliphatic heterocycles. The zero-order valence-corrected chi connectivity index (χ0v) is 12.7. The van der Waals surface area contributed by atoms with Crippen LogP contribution in [0.15, 0.2) is 18.2 Å². The first-order valence-corrected chi connectivity index (χ1v) is 7.33. The fraction of sp³-hybridized carbons (Fsp3) is 0.600. The summed E-state index contributed by atoms with van der Waals surface area (Å²) in [6.45, 7) is 5.47. The molecule has 1 atom stereocenters. The van der Waals surface area contributed by atoms with Gasteiger partial charge in [-0.2, -0.15) is 0 Å². The molecule has 124 valence electrons. The van der Waals surface area contributed by atoms with Crippen molar-refractivity contribution in [2.45, 2.75) is 25.7 Å². The zero-order chi connectivity index (χ0) is 16.2. The maximum absolute atomic E-state index is 12.4. The summed E-state index contributed by atoms with van der Waals surface area (Å²) in [6.07, 6.45) is -3.91. The minimum atomic E-state index is -4.69. The Hall–Kier alpha value is -1.47. The zero-order valence-electron chi connectivity index (χ0n) is 12.7. The van der Waals surface area contributed by atoms with Gasteiger partial charge in [0, 0.05) is 37.8 Å². The van der Waals surface area contributed by atoms with Crippen LogP contribution in [0.4, 0.5) is 13.2 Å². The van der Waals surface area contributed by atoms with Crippen LogP contribution in [0.5, 0.6) is 11.5 Å². The Morgan fingerprint density at radius 3 is 2.50 bits per heavy atom. The van der Waals surface area contributed by atoms with Crippen molar-refractivity contribution >= 4 is 0 Å². The first-order chi connectivity index (χ1) is 10.4. The summed E-state index contributed by atoms with van der Waals surface area (Å²) < 4.78 is 46.6. The Morgan fingerprint density at radius 1 is 1.27 bits per heavy atom. The normalized spacial score (nSPS) is 18.0. The Labute approximate surface area is 128 Å². The Morgan fingerprint density at radius 2 is 1.95 bits per heavy atom. The summed E-state index contributed by atoms with van der Waals surface area (Å²) in [7, 11) is 1.52. The van der Waals surface area contributed by atoms with Crippen LogP contribution < -0.4 is 14.8 Å². The van der Waals surface area contributed by atoms with Crippen LogP contribution in [-0.2, 0) is 0 Å². The minimum absolute atomic E-state index is 0.00818. The number of alkyl halides is 3. The van der Waals surface area contributed by atoms with Crippen molar-refractivity contribution in [3.8, 4) is 11.5 Å². The van der Waals surface area contributed by atoms with Crippen molar-refractivity contribution in [3.63, 3.8) is 0 Å². The second kappa shape index (κ2) is 7.19. The van der Waals surface area contributed by atoms with Gasteiger partial charge in [-0.25, -0.2) is 0 Å². The summed E-state index contributed by atoms with van der Waals surface area (Å²) in [5.74, 6) is 0.372. The number of methoxy groups -OCH3 is 1. The number of hydrogen-bond acceptors (Lipinski definition) is 4. The Kier molecular flexibility index (Phi) is 5.52. The van der Waals surface area contributed by atoms with Crippen molar-refractivity contribution in [3.05, 3.63) is 23.8 Å². The molecule has 0 bridgehead atoms. The van der Waals surface area contributed by atoms with E-state index in [9.17, 15) is 13.2 Å². The first kappa shape index (κ1) is 16.9. The van der Waals surface area contributed by atoms with Crippen molar-refractivity contribution in [1.29, 1.82) is 0 Å². The largest absolute Gasteiger partial charge is 0.573 e. The molecule has 0 amide bonds. The smallest absolute Gasteiger partial charge is 0.496 e. The summed E-state index contributed by atoms with van der Waals surface area (Å²) in [5, 5.41) is 3.27. The van der Waals surface area contributed by atoms with E-state index in [1.54, 1.807) is 0 Å². The van der Waals surface area contributed by atoms with Crippen LogP contribution >= 0.6 is 0 Å². The number of halogens is 3. The van der Waals surface area contributed by atoms with Gasteiger partial charge < -0.3 is 14.8 Å². The molecule has 0 saturated carbocycles. The summed E-state index contributed by atoms with van der Waals surface area (Å²) in [5.41, 5.74) is 0.730. The molecule has 0 unspecified atom stereocenters. The molecule has 4 nitrogen and oxygen atoms in total. The van der Waals surface area contributed by atoms with Gasteiger partial charge in [0.15, 0.2) is 0 Å². The van der Waals surface area contributed by atoms with Crippen LogP contribution in [0, 0.1) is 0 Å². The highest BCUT2D eigenvalue weighted by atomic mass is 19.4. The van der Waals surface area contributed by atoms with Crippen LogP contribution in [0.1, 0.15) is 24.9 Å². The molecule has 2 rings (SSSR count). The molecule has 7 heteroatoms. The van der Waals surface area contributed by atoms with Crippen LogP contribution in [0.3, 0.4) is 0 Å². The van der Waals surface area contributed by atoms with Gasteiger partial charge >= 0.3 is 6.36 Å². The van der Waals surface area contributed by atoms with Gasteiger partial charge in [0.25, 0.3) is 0 Å². The molecule has 1 N–H and O–H groups in total. The predicted octanol–water partition coefficient (Wildman–Crippen LogP) is 2.95. The fourth-order valence-electron chi connectivity index (χ4n) is 2.84. The van der Waals surface area contributed by atoms with E-state index in [4.69, 9.17) is 4.74 Å². The third-order valence-corrected chi connectivity index (χ3v) is 3.77. The maximum atomic E-state index is 12.4. The second-order valence-electron chi connectivity index (χ2n) is 5.16. The highest BCUT2D eigenvalue weighted by Crippen LogP contribution is 2.36. The molecule has 1 aromatic rings. The van der Waals surface area contributed by atoms with Crippen molar-refractivity contribution in [2.75, 3.05) is 33.3 Å². The number of hydrogen-bond donors (Lipinski definition) is 1. The van der Waals surface area contributed by atoms with Crippen molar-refractivity contribution in [2.24, 2.45) is 0 Å². The van der Waals surface area contributed by atoms with Crippen molar-refractivity contribution < 1.29 is 22.6 Å². The van der Waals surface area contributed by atoms with Crippen LogP contribution in [0.2, 0.25) is 0 Å². The van der Waals surface area contributed by atoms with E-state index in [1.807, 2.05) is 6.92 Å². The second-order valence-corrected chi connectivity index (χ2v) is 5.16. The number of nitrogens with zero attached hydrogens (tertiary/aromatic N) is 1. The quantitative estimate of drug-likeness (QED) is 0.905. The number of benzene rings is 1. The average Bonchev–Trinajstić information content (AvgIpc) is 2.48. The number of piperazine rings is 1. The third-order valence-electron chi connectivity index (χ3n) is 3.77. The van der Waals surface area contributed by atoms with Crippen LogP contribution in [0.25, 0.3) is 0 Å². The van der Waals surface area contributed by atoms with Gasteiger partial charge in [-0.15, -0.1) is 13.2 Å². The minimum Gasteiger partial charge on any atom is -0.496 e. The summed E-state index contributed by atoms with van der Waals surface area (Å²) in [6, 6.07) is 4.25. The van der Waals surface area contributed by atoms with Gasteiger partial charge in [0.1, 0.15) is 11.5 Å². The summed E-state index contributed by atoms with van der Waals surface area (Å²) in [4.78, 5) is 2.26. The van der Waals surface area contributed by atoms with E-state index in [2.05, 4.69) is 15.0 Å². The van der Waals surface area contributed by atoms with Crippen LogP contribution in [-0.4, -0.2) is 44.6 Å². The molecule has 0 spiro atoms. The van der Waals surface area contributed by atoms with E-state index in [0.29, 0.717) is 5.75 Å². The topological polar surface area (TPSA) is 33.7 Å². The fourth-order valence-corrected chi connectivity index (χ4v) is 2.84. The van der Waals surface area contributed by atoms with Gasteiger partial charge in [-0.05, 0) is 24.6 Å². The number of ether oxygens (including phenoxy) is 2. The molecule has 0 aromatic heterocycles. The molecule has 0 radical (unpaired) electrons. The molecule has 1 heterocycles. The lowest BCUT2D eigenvalue weighted by Crippen LogP contribution is -2.45. The van der Waals surface area contributed by atoms with E-state index < -0.39 is 6.36 Å². The van der Waals surface area contributed by atoms with Gasteiger partial charge in [0.2, 0.25) is 0 Å². The van der Waals surface area contributed by atoms with E-state index in [1.165, 1.54) is 25.3 Å². The molecule has 22 heavy (non-hydrogen) atoms. The standard InChI is InChI=1S/C15H21F3N2O2/c1-3-13(20-8-6-19-7-9-20)12-10-11(22-15(16,17)18)4-5-14(12)21-2/h4-5,10,13,19H,3,6-9H2,1-2H3/t13-/m1/s1. The third kappa shape index (κ3) is 4.27. The van der Waals surface area contributed by atoms with Gasteiger partial charge in [-0.3, -0.25) is 4.90 Å². The lowest BCUT2D eigenvalue weighted by molar-refractivity contribution is -0.274. The van der Waals surface area contributed by atoms with E-state index in [0.717, 1.165) is 38.2 Å². The average molecular weight is 318 g/mol. The highest BCUT2D eigenvalue weighted by molar-refractivity contribution is 5.42. The first-order valence-electron chi connectivity index (χ1n) is 7.33. The lowest BCUT2D eigenvalue weighted by Gasteiger charge is -2.35. The van der Waals surface area contributed by atoms with E-state index >= 15 is 0 Å². The Bertz CT molecular complexity index is 488. The predicted molar refractivity (Wildman–Crippen MR) is 77.2 cm³/mol. The molecule has 1 saturated heterocycles. The molecule has 1 fully saturated rings. The van der Waals surface area contributed by atoms with Gasteiger partial charge in [-0.1, -0.05) is 6.92 Å².